The molecular formula is C13H13ClF3N3. The summed E-state index contributed by atoms with van der Waals surface area (Å²) in [5.41, 5.74) is 0.638. The van der Waals surface area contributed by atoms with Crippen LogP contribution in [0.5, 0.6) is 0 Å². The van der Waals surface area contributed by atoms with Gasteiger partial charge in [0.05, 0.1) is 22.5 Å². The first kappa shape index (κ1) is 14.7. The van der Waals surface area contributed by atoms with Crippen LogP contribution in [0, 0.1) is 0 Å². The van der Waals surface area contributed by atoms with Gasteiger partial charge in [0.25, 0.3) is 0 Å². The van der Waals surface area contributed by atoms with Crippen molar-refractivity contribution in [3.63, 3.8) is 0 Å². The molecule has 0 fully saturated rings. The van der Waals surface area contributed by atoms with Gasteiger partial charge in [-0.15, -0.1) is 0 Å². The smallest absolute Gasteiger partial charge is 0.380 e. The number of benzene rings is 1. The van der Waals surface area contributed by atoms with Crippen molar-refractivity contribution in [2.45, 2.75) is 26.2 Å². The van der Waals surface area contributed by atoms with Gasteiger partial charge in [-0.25, -0.2) is 0 Å². The van der Waals surface area contributed by atoms with E-state index in [0.29, 0.717) is 12.2 Å². The molecule has 108 valence electrons. The van der Waals surface area contributed by atoms with Crippen molar-refractivity contribution in [2.75, 3.05) is 5.32 Å². The summed E-state index contributed by atoms with van der Waals surface area (Å²) >= 11 is 5.85. The van der Waals surface area contributed by atoms with Gasteiger partial charge in [0, 0.05) is 24.8 Å². The molecule has 1 aromatic carbocycles. The molecule has 0 spiro atoms. The number of rotatable bonds is 4. The molecule has 0 amide bonds. The molecule has 2 rings (SSSR count). The first-order valence-electron chi connectivity index (χ1n) is 6.02. The Labute approximate surface area is 119 Å². The van der Waals surface area contributed by atoms with Crippen molar-refractivity contribution >= 4 is 17.3 Å². The van der Waals surface area contributed by atoms with Gasteiger partial charge in [-0.2, -0.15) is 18.3 Å². The summed E-state index contributed by atoms with van der Waals surface area (Å²) in [5, 5.41) is 7.15. The fourth-order valence-electron chi connectivity index (χ4n) is 1.70. The summed E-state index contributed by atoms with van der Waals surface area (Å²) in [4.78, 5) is 0. The van der Waals surface area contributed by atoms with E-state index in [1.54, 1.807) is 10.9 Å². The van der Waals surface area contributed by atoms with E-state index in [9.17, 15) is 13.2 Å². The number of hydrogen-bond donors (Lipinski definition) is 1. The molecule has 2 aromatic rings. The molecule has 1 N–H and O–H groups in total. The Morgan fingerprint density at radius 1 is 1.35 bits per heavy atom. The lowest BCUT2D eigenvalue weighted by molar-refractivity contribution is -0.137. The van der Waals surface area contributed by atoms with Gasteiger partial charge < -0.3 is 5.32 Å². The van der Waals surface area contributed by atoms with Crippen LogP contribution in [-0.2, 0) is 19.3 Å². The SMILES string of the molecule is CCn1cc(CNc2ccc(C(F)(F)F)cc2Cl)cn1. The third kappa shape index (κ3) is 3.45. The first-order chi connectivity index (χ1) is 9.40. The molecule has 0 saturated heterocycles. The van der Waals surface area contributed by atoms with Crippen molar-refractivity contribution in [3.8, 4) is 0 Å². The third-order valence-electron chi connectivity index (χ3n) is 2.79. The number of halogens is 4. The van der Waals surface area contributed by atoms with Gasteiger partial charge in [0.15, 0.2) is 0 Å². The maximum Gasteiger partial charge on any atom is 0.416 e. The minimum atomic E-state index is -4.38. The maximum absolute atomic E-state index is 12.5. The Hall–Kier alpha value is -1.69. The zero-order valence-corrected chi connectivity index (χ0v) is 11.5. The lowest BCUT2D eigenvalue weighted by Gasteiger charge is -2.11. The summed E-state index contributed by atoms with van der Waals surface area (Å²) in [6.07, 6.45) is -0.816. The zero-order chi connectivity index (χ0) is 14.8. The average Bonchev–Trinajstić information content (AvgIpc) is 2.84. The topological polar surface area (TPSA) is 29.9 Å². The van der Waals surface area contributed by atoms with Crippen LogP contribution in [0.2, 0.25) is 5.02 Å². The van der Waals surface area contributed by atoms with E-state index in [-0.39, 0.29) is 5.02 Å². The lowest BCUT2D eigenvalue weighted by atomic mass is 10.2. The number of alkyl halides is 3. The minimum absolute atomic E-state index is 0.0442. The highest BCUT2D eigenvalue weighted by Gasteiger charge is 2.30. The van der Waals surface area contributed by atoms with E-state index in [4.69, 9.17) is 11.6 Å². The van der Waals surface area contributed by atoms with Gasteiger partial charge in [0.1, 0.15) is 0 Å². The third-order valence-corrected chi connectivity index (χ3v) is 3.10. The molecule has 0 bridgehead atoms. The fourth-order valence-corrected chi connectivity index (χ4v) is 1.95. The predicted octanol–water partition coefficient (Wildman–Crippen LogP) is 4.19. The molecule has 0 aliphatic heterocycles. The summed E-state index contributed by atoms with van der Waals surface area (Å²) in [6.45, 7) is 3.18. The average molecular weight is 304 g/mol. The molecular weight excluding hydrogens is 291 g/mol. The van der Waals surface area contributed by atoms with E-state index >= 15 is 0 Å². The molecule has 0 aliphatic carbocycles. The van der Waals surface area contributed by atoms with Crippen LogP contribution in [0.4, 0.5) is 18.9 Å². The Morgan fingerprint density at radius 3 is 2.65 bits per heavy atom. The molecule has 1 aromatic heterocycles. The highest BCUT2D eigenvalue weighted by Crippen LogP contribution is 2.33. The number of hydrogen-bond acceptors (Lipinski definition) is 2. The largest absolute Gasteiger partial charge is 0.416 e. The summed E-state index contributed by atoms with van der Waals surface area (Å²) in [6, 6.07) is 3.25. The molecule has 0 saturated carbocycles. The number of nitrogens with zero attached hydrogens (tertiary/aromatic N) is 2. The Morgan fingerprint density at radius 2 is 2.10 bits per heavy atom. The number of nitrogens with one attached hydrogen (secondary N) is 1. The quantitative estimate of drug-likeness (QED) is 0.918. The summed E-state index contributed by atoms with van der Waals surface area (Å²) in [5.74, 6) is 0. The molecule has 7 heteroatoms. The van der Waals surface area contributed by atoms with E-state index in [1.807, 2.05) is 13.1 Å². The second kappa shape index (κ2) is 5.75. The highest BCUT2D eigenvalue weighted by molar-refractivity contribution is 6.33. The second-order valence-electron chi connectivity index (χ2n) is 4.25. The van der Waals surface area contributed by atoms with Gasteiger partial charge in [-0.3, -0.25) is 4.68 Å². The van der Waals surface area contributed by atoms with Crippen LogP contribution in [-0.4, -0.2) is 9.78 Å². The van der Waals surface area contributed by atoms with Crippen molar-refractivity contribution in [1.29, 1.82) is 0 Å². The minimum Gasteiger partial charge on any atom is -0.380 e. The molecule has 0 unspecified atom stereocenters. The second-order valence-corrected chi connectivity index (χ2v) is 4.66. The molecule has 3 nitrogen and oxygen atoms in total. The normalized spacial score (nSPS) is 11.7. The van der Waals surface area contributed by atoms with Crippen LogP contribution in [0.1, 0.15) is 18.1 Å². The number of anilines is 1. The first-order valence-corrected chi connectivity index (χ1v) is 6.40. The Balaban J connectivity index is 2.06. The lowest BCUT2D eigenvalue weighted by Crippen LogP contribution is -2.06. The predicted molar refractivity (Wildman–Crippen MR) is 71.7 cm³/mol. The van der Waals surface area contributed by atoms with E-state index in [1.165, 1.54) is 6.07 Å². The van der Waals surface area contributed by atoms with Crippen molar-refractivity contribution in [2.24, 2.45) is 0 Å². The van der Waals surface area contributed by atoms with Gasteiger partial charge in [-0.1, -0.05) is 11.6 Å². The van der Waals surface area contributed by atoms with Crippen LogP contribution in [0.15, 0.2) is 30.6 Å². The van der Waals surface area contributed by atoms with Crippen molar-refractivity contribution in [1.82, 2.24) is 9.78 Å². The Bertz CT molecular complexity index is 593. The van der Waals surface area contributed by atoms with E-state index in [0.717, 1.165) is 24.2 Å². The van der Waals surface area contributed by atoms with Crippen molar-refractivity contribution in [3.05, 3.63) is 46.7 Å². The van der Waals surface area contributed by atoms with Crippen LogP contribution in [0.25, 0.3) is 0 Å². The fraction of sp³-hybridized carbons (Fsp3) is 0.308. The van der Waals surface area contributed by atoms with Gasteiger partial charge in [0.2, 0.25) is 0 Å². The standard InChI is InChI=1S/C13H13ClF3N3/c1-2-20-8-9(7-19-20)6-18-12-4-3-10(5-11(12)14)13(15,16)17/h3-5,7-8,18H,2,6H2,1H3. The van der Waals surface area contributed by atoms with Crippen LogP contribution in [0.3, 0.4) is 0 Å². The number of aromatic nitrogens is 2. The summed E-state index contributed by atoms with van der Waals surface area (Å²) in [7, 11) is 0. The molecule has 20 heavy (non-hydrogen) atoms. The molecule has 0 radical (unpaired) electrons. The maximum atomic E-state index is 12.5. The van der Waals surface area contributed by atoms with Crippen LogP contribution >= 0.6 is 11.6 Å². The van der Waals surface area contributed by atoms with Crippen molar-refractivity contribution < 1.29 is 13.2 Å². The summed E-state index contributed by atoms with van der Waals surface area (Å²) < 4.78 is 39.3. The zero-order valence-electron chi connectivity index (χ0n) is 10.7. The molecule has 0 atom stereocenters. The number of aryl methyl sites for hydroxylation is 1. The molecule has 0 aliphatic rings. The van der Waals surface area contributed by atoms with Crippen LogP contribution < -0.4 is 5.32 Å². The molecule has 1 heterocycles. The van der Waals surface area contributed by atoms with E-state index in [2.05, 4.69) is 10.4 Å². The highest BCUT2D eigenvalue weighted by atomic mass is 35.5. The Kier molecular flexibility index (Phi) is 4.23. The van der Waals surface area contributed by atoms with Gasteiger partial charge in [-0.05, 0) is 25.1 Å². The van der Waals surface area contributed by atoms with E-state index < -0.39 is 11.7 Å². The monoisotopic (exact) mass is 303 g/mol. The van der Waals surface area contributed by atoms with Gasteiger partial charge >= 0.3 is 6.18 Å².